The first-order chi connectivity index (χ1) is 7.76. The van der Waals surface area contributed by atoms with Gasteiger partial charge in [-0.05, 0) is 24.7 Å². The van der Waals surface area contributed by atoms with E-state index in [9.17, 15) is 0 Å². The van der Waals surface area contributed by atoms with Gasteiger partial charge in [-0.1, -0.05) is 28.9 Å². The summed E-state index contributed by atoms with van der Waals surface area (Å²) >= 11 is 5.30. The molecule has 0 spiro atoms. The second kappa shape index (κ2) is 7.78. The number of hydrogen-bond donors (Lipinski definition) is 1. The SMILES string of the molecule is C#CCC(CSc1cccc(Br)c1)NCC. The molecule has 1 atom stereocenters. The summed E-state index contributed by atoms with van der Waals surface area (Å²) in [5, 5.41) is 3.39. The molecule has 1 N–H and O–H groups in total. The van der Waals surface area contributed by atoms with Crippen LogP contribution in [0.25, 0.3) is 0 Å². The maximum Gasteiger partial charge on any atom is 0.0270 e. The van der Waals surface area contributed by atoms with Gasteiger partial charge in [0.05, 0.1) is 0 Å². The number of benzene rings is 1. The van der Waals surface area contributed by atoms with Gasteiger partial charge in [-0.3, -0.25) is 0 Å². The fourth-order valence-corrected chi connectivity index (χ4v) is 2.94. The van der Waals surface area contributed by atoms with Gasteiger partial charge in [0.15, 0.2) is 0 Å². The Morgan fingerprint density at radius 3 is 3.00 bits per heavy atom. The Labute approximate surface area is 111 Å². The second-order valence-corrected chi connectivity index (χ2v) is 5.44. The van der Waals surface area contributed by atoms with Crippen LogP contribution in [0.1, 0.15) is 13.3 Å². The predicted octanol–water partition coefficient (Wildman–Crippen LogP) is 3.54. The van der Waals surface area contributed by atoms with E-state index in [0.717, 1.165) is 23.2 Å². The number of nitrogens with one attached hydrogen (secondary N) is 1. The molecule has 0 radical (unpaired) electrons. The van der Waals surface area contributed by atoms with Crippen LogP contribution in [0.5, 0.6) is 0 Å². The van der Waals surface area contributed by atoms with Gasteiger partial charge in [0.2, 0.25) is 0 Å². The molecule has 0 fully saturated rings. The van der Waals surface area contributed by atoms with Gasteiger partial charge >= 0.3 is 0 Å². The van der Waals surface area contributed by atoms with Crippen molar-refractivity contribution in [2.45, 2.75) is 24.3 Å². The Balaban J connectivity index is 2.45. The normalized spacial score (nSPS) is 12.1. The molecule has 3 heteroatoms. The summed E-state index contributed by atoms with van der Waals surface area (Å²) in [6, 6.07) is 8.74. The lowest BCUT2D eigenvalue weighted by molar-refractivity contribution is 0.588. The van der Waals surface area contributed by atoms with Gasteiger partial charge in [0.1, 0.15) is 0 Å². The van der Waals surface area contributed by atoms with Crippen LogP contribution in [-0.2, 0) is 0 Å². The quantitative estimate of drug-likeness (QED) is 0.637. The summed E-state index contributed by atoms with van der Waals surface area (Å²) in [5.74, 6) is 3.72. The molecule has 1 aromatic rings. The zero-order chi connectivity index (χ0) is 11.8. The van der Waals surface area contributed by atoms with Gasteiger partial charge in [-0.25, -0.2) is 0 Å². The average molecular weight is 298 g/mol. The van der Waals surface area contributed by atoms with Gasteiger partial charge in [-0.2, -0.15) is 0 Å². The van der Waals surface area contributed by atoms with Crippen molar-refractivity contribution in [3.8, 4) is 12.3 Å². The van der Waals surface area contributed by atoms with Crippen molar-refractivity contribution in [1.29, 1.82) is 0 Å². The summed E-state index contributed by atoms with van der Waals surface area (Å²) in [6.07, 6.45) is 6.13. The van der Waals surface area contributed by atoms with Crippen LogP contribution in [0.3, 0.4) is 0 Å². The Hall–Kier alpha value is -0.430. The van der Waals surface area contributed by atoms with E-state index >= 15 is 0 Å². The first kappa shape index (κ1) is 13.6. The lowest BCUT2D eigenvalue weighted by Gasteiger charge is -2.14. The maximum absolute atomic E-state index is 5.35. The minimum atomic E-state index is 0.402. The number of hydrogen-bond acceptors (Lipinski definition) is 2. The third kappa shape index (κ3) is 5.07. The van der Waals surface area contributed by atoms with Crippen molar-refractivity contribution >= 4 is 27.7 Å². The molecule has 0 heterocycles. The first-order valence-corrected chi connectivity index (χ1v) is 7.09. The van der Waals surface area contributed by atoms with Crippen LogP contribution in [0.4, 0.5) is 0 Å². The highest BCUT2D eigenvalue weighted by Crippen LogP contribution is 2.22. The molecule has 1 aromatic carbocycles. The molecule has 0 amide bonds. The highest BCUT2D eigenvalue weighted by atomic mass is 79.9. The number of halogens is 1. The van der Waals surface area contributed by atoms with Crippen LogP contribution < -0.4 is 5.32 Å². The first-order valence-electron chi connectivity index (χ1n) is 5.31. The van der Waals surface area contributed by atoms with E-state index in [1.807, 2.05) is 17.8 Å². The zero-order valence-corrected chi connectivity index (χ0v) is 11.8. The molecular weight excluding hydrogens is 282 g/mol. The predicted molar refractivity (Wildman–Crippen MR) is 75.8 cm³/mol. The Kier molecular flexibility index (Phi) is 6.63. The van der Waals surface area contributed by atoms with Gasteiger partial charge in [0, 0.05) is 27.6 Å². The summed E-state index contributed by atoms with van der Waals surface area (Å²) in [6.45, 7) is 3.07. The molecule has 0 bridgehead atoms. The highest BCUT2D eigenvalue weighted by molar-refractivity contribution is 9.10. The zero-order valence-electron chi connectivity index (χ0n) is 9.37. The number of rotatable bonds is 6. The fourth-order valence-electron chi connectivity index (χ4n) is 1.37. The Morgan fingerprint density at radius 1 is 1.56 bits per heavy atom. The molecule has 0 saturated carbocycles. The Morgan fingerprint density at radius 2 is 2.38 bits per heavy atom. The molecule has 0 aromatic heterocycles. The molecule has 0 saturated heterocycles. The largest absolute Gasteiger partial charge is 0.312 e. The van der Waals surface area contributed by atoms with Crippen molar-refractivity contribution in [2.24, 2.45) is 0 Å². The minimum absolute atomic E-state index is 0.402. The average Bonchev–Trinajstić information content (AvgIpc) is 2.27. The van der Waals surface area contributed by atoms with Crippen LogP contribution in [0.15, 0.2) is 33.6 Å². The topological polar surface area (TPSA) is 12.0 Å². The minimum Gasteiger partial charge on any atom is -0.312 e. The van der Waals surface area contributed by atoms with Crippen molar-refractivity contribution in [2.75, 3.05) is 12.3 Å². The van der Waals surface area contributed by atoms with Crippen molar-refractivity contribution < 1.29 is 0 Å². The van der Waals surface area contributed by atoms with Crippen LogP contribution in [0.2, 0.25) is 0 Å². The summed E-state index contributed by atoms with van der Waals surface area (Å²) in [5.41, 5.74) is 0. The third-order valence-electron chi connectivity index (χ3n) is 2.10. The summed E-state index contributed by atoms with van der Waals surface area (Å²) in [7, 11) is 0. The van der Waals surface area contributed by atoms with Crippen LogP contribution in [-0.4, -0.2) is 18.3 Å². The molecule has 0 aliphatic heterocycles. The van der Waals surface area contributed by atoms with Crippen molar-refractivity contribution in [1.82, 2.24) is 5.32 Å². The second-order valence-electron chi connectivity index (χ2n) is 3.43. The summed E-state index contributed by atoms with van der Waals surface area (Å²) in [4.78, 5) is 1.27. The van der Waals surface area contributed by atoms with Gasteiger partial charge in [-0.15, -0.1) is 24.1 Å². The number of terminal acetylenes is 1. The highest BCUT2D eigenvalue weighted by Gasteiger charge is 2.06. The van der Waals surface area contributed by atoms with Crippen LogP contribution >= 0.6 is 27.7 Å². The van der Waals surface area contributed by atoms with Gasteiger partial charge in [0.25, 0.3) is 0 Å². The molecule has 1 unspecified atom stereocenters. The van der Waals surface area contributed by atoms with E-state index in [2.05, 4.69) is 52.3 Å². The molecule has 1 rings (SSSR count). The molecule has 1 nitrogen and oxygen atoms in total. The smallest absolute Gasteiger partial charge is 0.0270 e. The van der Waals surface area contributed by atoms with Crippen molar-refractivity contribution in [3.63, 3.8) is 0 Å². The fraction of sp³-hybridized carbons (Fsp3) is 0.385. The van der Waals surface area contributed by atoms with E-state index in [-0.39, 0.29) is 0 Å². The lowest BCUT2D eigenvalue weighted by Crippen LogP contribution is -2.30. The monoisotopic (exact) mass is 297 g/mol. The molecule has 16 heavy (non-hydrogen) atoms. The van der Waals surface area contributed by atoms with Gasteiger partial charge < -0.3 is 5.32 Å². The van der Waals surface area contributed by atoms with E-state index in [0.29, 0.717) is 6.04 Å². The Bertz CT molecular complexity index is 359. The lowest BCUT2D eigenvalue weighted by atomic mass is 10.2. The molecular formula is C13H16BrNS. The van der Waals surface area contributed by atoms with E-state index in [1.54, 1.807) is 0 Å². The van der Waals surface area contributed by atoms with E-state index in [1.165, 1.54) is 4.90 Å². The van der Waals surface area contributed by atoms with E-state index < -0.39 is 0 Å². The molecule has 0 aliphatic carbocycles. The maximum atomic E-state index is 5.35. The third-order valence-corrected chi connectivity index (χ3v) is 3.75. The number of thioether (sulfide) groups is 1. The van der Waals surface area contributed by atoms with E-state index in [4.69, 9.17) is 6.42 Å². The summed E-state index contributed by atoms with van der Waals surface area (Å²) < 4.78 is 1.12. The van der Waals surface area contributed by atoms with Crippen molar-refractivity contribution in [3.05, 3.63) is 28.7 Å². The molecule has 86 valence electrons. The molecule has 0 aliphatic rings. The van der Waals surface area contributed by atoms with Crippen LogP contribution in [0, 0.1) is 12.3 Å². The standard InChI is InChI=1S/C13H16BrNS/c1-3-6-12(15-4-2)10-16-13-8-5-7-11(14)9-13/h1,5,7-9,12,15H,4,6,10H2,2H3.